The first-order chi connectivity index (χ1) is 31.3. The highest BCUT2D eigenvalue weighted by molar-refractivity contribution is 7.10. The maximum atomic E-state index is 11.7. The molecule has 64 heavy (non-hydrogen) atoms. The van der Waals surface area contributed by atoms with Crippen LogP contribution in [0.5, 0.6) is 0 Å². The molecule has 324 valence electrons. The van der Waals surface area contributed by atoms with Crippen LogP contribution in [0.2, 0.25) is 0 Å². The maximum Gasteiger partial charge on any atom is 0.551 e. The van der Waals surface area contributed by atoms with Gasteiger partial charge in [0.15, 0.2) is 0 Å². The molecule has 0 aromatic heterocycles. The van der Waals surface area contributed by atoms with Gasteiger partial charge in [0.2, 0.25) is 0 Å². The lowest BCUT2D eigenvalue weighted by Crippen LogP contribution is -2.91. The van der Waals surface area contributed by atoms with Gasteiger partial charge in [0, 0.05) is 36.3 Å². The van der Waals surface area contributed by atoms with Gasteiger partial charge in [-0.3, -0.25) is 15.8 Å². The van der Waals surface area contributed by atoms with E-state index in [1.165, 1.54) is 0 Å². The zero-order valence-electron chi connectivity index (χ0n) is 33.4. The first kappa shape index (κ1) is 43.4. The van der Waals surface area contributed by atoms with Crippen molar-refractivity contribution in [3.05, 3.63) is 212 Å². The number of hydrogen-bond donors (Lipinski definition) is 3. The molecule has 10 rings (SSSR count). The van der Waals surface area contributed by atoms with Crippen molar-refractivity contribution in [2.75, 3.05) is 0 Å². The summed E-state index contributed by atoms with van der Waals surface area (Å²) in [6, 6.07) is 60.4. The van der Waals surface area contributed by atoms with Crippen LogP contribution in [-0.4, -0.2) is 77.4 Å². The fourth-order valence-electron chi connectivity index (χ4n) is 7.73. The minimum absolute atomic E-state index is 0.213. The second-order valence-corrected chi connectivity index (χ2v) is 34.4. The smallest absolute Gasteiger partial charge is 0.366 e. The molecule has 3 fully saturated rings. The third-order valence-electron chi connectivity index (χ3n) is 10.7. The molecule has 3 N–H and O–H groups in total. The average Bonchev–Trinajstić information content (AvgIpc) is 3.36. The van der Waals surface area contributed by atoms with Gasteiger partial charge in [-0.2, -0.15) is 0 Å². The van der Waals surface area contributed by atoms with Gasteiger partial charge in [-0.15, -0.1) is 0 Å². The normalized spacial score (nSPS) is 31.4. The predicted octanol–water partition coefficient (Wildman–Crippen LogP) is 2.57. The summed E-state index contributed by atoms with van der Waals surface area (Å²) < 4.78 is 84.6. The number of hydrogen-bond acceptors (Lipinski definition) is 15. The summed E-state index contributed by atoms with van der Waals surface area (Å²) in [5.74, 6) is 0. The van der Waals surface area contributed by atoms with E-state index in [-0.39, 0.29) is 15.6 Å². The zero-order chi connectivity index (χ0) is 43.8. The fourth-order valence-corrected chi connectivity index (χ4v) is 42.5. The van der Waals surface area contributed by atoms with Crippen LogP contribution in [0.4, 0.5) is 0 Å². The summed E-state index contributed by atoms with van der Waals surface area (Å²) in [6.45, 7) is 0. The second kappa shape index (κ2) is 17.4. The van der Waals surface area contributed by atoms with E-state index in [2.05, 4.69) is 0 Å². The molecule has 0 unspecified atom stereocenters. The molecule has 0 atom stereocenters. The molecule has 0 spiro atoms. The van der Waals surface area contributed by atoms with Crippen molar-refractivity contribution in [3.63, 3.8) is 0 Å². The molecule has 0 saturated carbocycles. The van der Waals surface area contributed by atoms with Gasteiger partial charge in [-0.05, 0) is 0 Å². The summed E-state index contributed by atoms with van der Waals surface area (Å²) in [5.41, 5.74) is 0. The average molecular weight is 979 g/mol. The molecule has 15 nitrogen and oxygen atoms in total. The SMILES string of the molecule is OO[Si]1(c2ccccc2)O[Si]2(c3ccccc3)O[Si](OO)(c3ccccc3)O[Si]3(c4ccccc4)O[Si](OO)(c4ccccc4)O[Si](c4ccccc4)(O1)O[Si](c1ccccc1)(O2)O3. The molecule has 7 aromatic carbocycles. The fraction of sp³-hybridized carbons (Fsp3) is 0. The van der Waals surface area contributed by atoms with Crippen molar-refractivity contribution in [2.24, 2.45) is 0 Å². The first-order valence-electron chi connectivity index (χ1n) is 20.0. The molecule has 7 aromatic rings. The Kier molecular flexibility index (Phi) is 11.8. The Morgan fingerprint density at radius 1 is 0.219 bits per heavy atom. The van der Waals surface area contributed by atoms with Crippen molar-refractivity contribution in [1.82, 2.24) is 0 Å². The Morgan fingerprint density at radius 3 is 0.547 bits per heavy atom. The van der Waals surface area contributed by atoms with Crippen LogP contribution in [0, 0.1) is 0 Å². The van der Waals surface area contributed by atoms with Gasteiger partial charge in [-0.1, -0.05) is 212 Å². The van der Waals surface area contributed by atoms with E-state index in [9.17, 15) is 15.8 Å². The summed E-state index contributed by atoms with van der Waals surface area (Å²) in [4.78, 5) is 0. The van der Waals surface area contributed by atoms with Crippen molar-refractivity contribution in [2.45, 2.75) is 0 Å². The van der Waals surface area contributed by atoms with Crippen LogP contribution in [0.15, 0.2) is 212 Å². The van der Waals surface area contributed by atoms with Crippen molar-refractivity contribution in [1.29, 1.82) is 0 Å². The van der Waals surface area contributed by atoms with Crippen LogP contribution in [0.25, 0.3) is 0 Å². The van der Waals surface area contributed by atoms with Crippen LogP contribution in [-0.2, 0) is 50.8 Å². The molecular formula is C42H38O15Si7. The predicted molar refractivity (Wildman–Crippen MR) is 244 cm³/mol. The molecular weight excluding hydrogens is 941 g/mol. The van der Waals surface area contributed by atoms with E-state index < -0.39 is 61.6 Å². The van der Waals surface area contributed by atoms with Gasteiger partial charge in [-0.25, -0.2) is 13.7 Å². The highest BCUT2D eigenvalue weighted by atomic mass is 28.6. The minimum Gasteiger partial charge on any atom is -0.366 e. The molecule has 3 aliphatic rings. The highest BCUT2D eigenvalue weighted by Gasteiger charge is 2.81. The Labute approximate surface area is 375 Å². The first-order valence-corrected chi connectivity index (χ1v) is 32.0. The topological polar surface area (TPSA) is 171 Å². The Bertz CT molecular complexity index is 2380. The lowest BCUT2D eigenvalue weighted by molar-refractivity contribution is -0.198. The lowest BCUT2D eigenvalue weighted by atomic mass is 10.4. The van der Waals surface area contributed by atoms with E-state index in [0.29, 0.717) is 20.7 Å². The largest absolute Gasteiger partial charge is 0.551 e. The molecule has 0 amide bonds. The summed E-state index contributed by atoms with van der Waals surface area (Å²) in [6.07, 6.45) is 0. The van der Waals surface area contributed by atoms with Gasteiger partial charge in [0.25, 0.3) is 0 Å². The summed E-state index contributed by atoms with van der Waals surface area (Å²) >= 11 is 0. The van der Waals surface area contributed by atoms with E-state index in [1.807, 2.05) is 6.07 Å². The molecule has 3 aliphatic heterocycles. The van der Waals surface area contributed by atoms with Crippen molar-refractivity contribution < 1.29 is 66.5 Å². The van der Waals surface area contributed by atoms with E-state index in [4.69, 9.17) is 50.8 Å². The van der Waals surface area contributed by atoms with Gasteiger partial charge in [0.05, 0.1) is 0 Å². The van der Waals surface area contributed by atoms with Gasteiger partial charge in [0.1, 0.15) is 0 Å². The third kappa shape index (κ3) is 7.48. The Morgan fingerprint density at radius 2 is 0.375 bits per heavy atom. The molecule has 3 saturated heterocycles. The minimum atomic E-state index is -5.08. The lowest BCUT2D eigenvalue weighted by Gasteiger charge is -2.56. The molecule has 0 aliphatic carbocycles. The molecule has 4 bridgehead atoms. The molecule has 0 radical (unpaired) electrons. The maximum absolute atomic E-state index is 11.7. The van der Waals surface area contributed by atoms with Crippen LogP contribution in [0.3, 0.4) is 0 Å². The van der Waals surface area contributed by atoms with Crippen molar-refractivity contribution in [3.8, 4) is 0 Å². The van der Waals surface area contributed by atoms with Gasteiger partial charge < -0.3 is 37.0 Å². The summed E-state index contributed by atoms with van der Waals surface area (Å²) in [5, 5.41) is 36.9. The standard InChI is InChI=1S/C42H38O15Si7/c43-46-58(36-22-8-1-9-23-36)49-61(39-28-14-4-15-29-39)51-59(47-44,37-24-10-2-11-25-37)53-63(41-32-18-6-19-33-41)54-60(48-45,38-26-12-3-13-27-38)52-62(50-58,40-30-16-5-17-31-40)56-64(55-61,57-63)42-34-20-7-21-35-42/h1-35,43-45H. The van der Waals surface area contributed by atoms with Crippen LogP contribution < -0.4 is 36.3 Å². The van der Waals surface area contributed by atoms with E-state index in [0.717, 1.165) is 0 Å². The highest BCUT2D eigenvalue weighted by Crippen LogP contribution is 2.42. The van der Waals surface area contributed by atoms with Crippen molar-refractivity contribution >= 4 is 97.9 Å². The van der Waals surface area contributed by atoms with Gasteiger partial charge >= 0.3 is 61.6 Å². The van der Waals surface area contributed by atoms with Crippen LogP contribution >= 0.6 is 0 Å². The van der Waals surface area contributed by atoms with E-state index >= 15 is 0 Å². The molecule has 3 heterocycles. The number of fused-ring (bicyclic) bond motifs is 3. The third-order valence-corrected chi connectivity index (χ3v) is 38.0. The van der Waals surface area contributed by atoms with E-state index in [1.54, 1.807) is 206 Å². The quantitative estimate of drug-likeness (QED) is 0.104. The van der Waals surface area contributed by atoms with Crippen LogP contribution in [0.1, 0.15) is 0 Å². The monoisotopic (exact) mass is 978 g/mol. The molecule has 22 heteroatoms. The zero-order valence-corrected chi connectivity index (χ0v) is 40.4. The Balaban J connectivity index is 1.41. The number of rotatable bonds is 10. The second-order valence-electron chi connectivity index (χ2n) is 14.6. The summed E-state index contributed by atoms with van der Waals surface area (Å²) in [7, 11) is -35.4. The number of benzene rings is 7. The Hall–Kier alpha value is -4.54.